The molecule has 0 saturated carbocycles. The van der Waals surface area contributed by atoms with E-state index in [1.807, 2.05) is 54.1 Å². The molecule has 220 valence electrons. The molecule has 0 fully saturated rings. The predicted molar refractivity (Wildman–Crippen MR) is 180 cm³/mol. The van der Waals surface area contributed by atoms with Crippen LogP contribution in [0, 0.1) is 12.1 Å². The number of pyridine rings is 2. The fourth-order valence-corrected chi connectivity index (χ4v) is 6.87. The Kier molecular flexibility index (Phi) is 8.17. The van der Waals surface area contributed by atoms with Gasteiger partial charge in [0, 0.05) is 34.0 Å². The van der Waals surface area contributed by atoms with E-state index in [0.29, 0.717) is 17.4 Å². The SMILES string of the molecule is CC(C)c1csc2ccc3c(ccc4ccnc(-c5[c-]c(Oc6[c-]c(-c7cc(C(C)(C)C)ccn7)ccc6)ccc5)c43)c12.[Pt+2]. The summed E-state index contributed by atoms with van der Waals surface area (Å²) >= 11 is 1.82. The number of rotatable bonds is 5. The average molecular weight is 772 g/mol. The van der Waals surface area contributed by atoms with Gasteiger partial charge in [0.1, 0.15) is 0 Å². The molecule has 44 heavy (non-hydrogen) atoms. The zero-order valence-corrected chi connectivity index (χ0v) is 28.4. The van der Waals surface area contributed by atoms with Crippen LogP contribution in [0.3, 0.4) is 0 Å². The maximum atomic E-state index is 6.32. The van der Waals surface area contributed by atoms with Gasteiger partial charge in [-0.15, -0.1) is 58.9 Å². The molecule has 0 aliphatic heterocycles. The van der Waals surface area contributed by atoms with E-state index in [1.165, 1.54) is 32.0 Å². The van der Waals surface area contributed by atoms with Crippen molar-refractivity contribution in [3.63, 3.8) is 0 Å². The van der Waals surface area contributed by atoms with Crippen LogP contribution in [0.5, 0.6) is 11.5 Å². The third-order valence-corrected chi connectivity index (χ3v) is 8.99. The van der Waals surface area contributed by atoms with Gasteiger partial charge in [-0.3, -0.25) is 0 Å². The number of benzene rings is 4. The van der Waals surface area contributed by atoms with Crippen molar-refractivity contribution in [3.8, 4) is 34.0 Å². The number of hydrogen-bond acceptors (Lipinski definition) is 4. The molecule has 0 aliphatic rings. The van der Waals surface area contributed by atoms with E-state index >= 15 is 0 Å². The van der Waals surface area contributed by atoms with Crippen LogP contribution in [0.15, 0.2) is 96.6 Å². The number of thiophene rings is 1. The maximum absolute atomic E-state index is 6.32. The Balaban J connectivity index is 0.00000343. The summed E-state index contributed by atoms with van der Waals surface area (Å²) in [5.74, 6) is 1.69. The Labute approximate surface area is 277 Å². The van der Waals surface area contributed by atoms with Crippen LogP contribution in [0.2, 0.25) is 0 Å². The first-order valence-electron chi connectivity index (χ1n) is 14.7. The summed E-state index contributed by atoms with van der Waals surface area (Å²) in [7, 11) is 0. The van der Waals surface area contributed by atoms with Gasteiger partial charge < -0.3 is 14.7 Å². The van der Waals surface area contributed by atoms with Gasteiger partial charge in [0.25, 0.3) is 0 Å². The molecule has 0 aliphatic carbocycles. The molecule has 0 saturated heterocycles. The summed E-state index contributed by atoms with van der Waals surface area (Å²) < 4.78 is 7.64. The summed E-state index contributed by atoms with van der Waals surface area (Å²) in [5, 5.41) is 8.43. The largest absolute Gasteiger partial charge is 2.00 e. The van der Waals surface area contributed by atoms with Gasteiger partial charge in [0.15, 0.2) is 0 Å². The van der Waals surface area contributed by atoms with Crippen molar-refractivity contribution < 1.29 is 25.8 Å². The minimum atomic E-state index is 0. The van der Waals surface area contributed by atoms with Gasteiger partial charge in [-0.1, -0.05) is 71.0 Å². The maximum Gasteiger partial charge on any atom is 2.00 e. The molecular formula is C39H32N2OPtS. The molecule has 3 heterocycles. The summed E-state index contributed by atoms with van der Waals surface area (Å²) in [4.78, 5) is 9.49. The Hall–Kier alpha value is -3.85. The smallest absolute Gasteiger partial charge is 0.497 e. The van der Waals surface area contributed by atoms with Crippen molar-refractivity contribution in [2.45, 2.75) is 46.0 Å². The summed E-state index contributed by atoms with van der Waals surface area (Å²) in [6.07, 6.45) is 3.74. The van der Waals surface area contributed by atoms with Crippen molar-refractivity contribution in [2.75, 3.05) is 0 Å². The zero-order chi connectivity index (χ0) is 29.7. The van der Waals surface area contributed by atoms with E-state index in [2.05, 4.69) is 106 Å². The van der Waals surface area contributed by atoms with E-state index in [9.17, 15) is 0 Å². The monoisotopic (exact) mass is 771 g/mol. The minimum Gasteiger partial charge on any atom is -0.497 e. The van der Waals surface area contributed by atoms with Crippen LogP contribution in [0.1, 0.15) is 51.7 Å². The minimum absolute atomic E-state index is 0. The van der Waals surface area contributed by atoms with E-state index < -0.39 is 0 Å². The molecule has 5 heteroatoms. The van der Waals surface area contributed by atoms with Crippen LogP contribution < -0.4 is 4.74 Å². The van der Waals surface area contributed by atoms with Crippen molar-refractivity contribution in [2.24, 2.45) is 0 Å². The molecule has 3 aromatic heterocycles. The first kappa shape index (κ1) is 30.2. The Bertz CT molecular complexity index is 2140. The molecule has 0 N–H and O–H groups in total. The number of ether oxygens (including phenoxy) is 1. The third kappa shape index (κ3) is 5.58. The average Bonchev–Trinajstić information content (AvgIpc) is 3.46. The van der Waals surface area contributed by atoms with Crippen molar-refractivity contribution >= 4 is 43.0 Å². The van der Waals surface area contributed by atoms with Crippen molar-refractivity contribution in [1.82, 2.24) is 9.97 Å². The summed E-state index contributed by atoms with van der Waals surface area (Å²) in [5.41, 5.74) is 6.22. The van der Waals surface area contributed by atoms with Gasteiger partial charge in [-0.05, 0) is 79.0 Å². The van der Waals surface area contributed by atoms with Crippen LogP contribution in [-0.4, -0.2) is 9.97 Å². The number of nitrogens with zero attached hydrogens (tertiary/aromatic N) is 2. The second kappa shape index (κ2) is 11.9. The first-order chi connectivity index (χ1) is 20.8. The van der Waals surface area contributed by atoms with Crippen LogP contribution in [-0.2, 0) is 26.5 Å². The quantitative estimate of drug-likeness (QED) is 0.129. The number of fused-ring (bicyclic) bond motifs is 5. The van der Waals surface area contributed by atoms with Crippen LogP contribution in [0.4, 0.5) is 0 Å². The van der Waals surface area contributed by atoms with E-state index in [1.54, 1.807) is 0 Å². The molecule has 0 amide bonds. The molecular weight excluding hydrogens is 740 g/mol. The normalized spacial score (nSPS) is 11.8. The second-order valence-electron chi connectivity index (χ2n) is 12.3. The number of hydrogen-bond donors (Lipinski definition) is 0. The summed E-state index contributed by atoms with van der Waals surface area (Å²) in [6, 6.07) is 34.1. The molecule has 7 aromatic rings. The molecule has 0 radical (unpaired) electrons. The molecule has 4 aromatic carbocycles. The molecule has 0 atom stereocenters. The standard InChI is InChI=1S/C39H32N2OS.Pt/c1-24(2)33-23-43-35-15-14-31-32(37(33)35)13-12-25-16-18-41-38(36(25)31)27-9-7-11-30(21-27)42-29-10-6-8-26(20-29)34-22-28(17-19-40-34)39(3,4)5;/h6-19,22-24H,1-5H3;/q-2;+2. The van der Waals surface area contributed by atoms with Gasteiger partial charge in [0.05, 0.1) is 0 Å². The van der Waals surface area contributed by atoms with E-state index in [-0.39, 0.29) is 26.5 Å². The van der Waals surface area contributed by atoms with Gasteiger partial charge in [0.2, 0.25) is 0 Å². The van der Waals surface area contributed by atoms with Gasteiger partial charge >= 0.3 is 21.1 Å². The van der Waals surface area contributed by atoms with E-state index in [4.69, 9.17) is 9.72 Å². The van der Waals surface area contributed by atoms with Crippen molar-refractivity contribution in [1.29, 1.82) is 0 Å². The number of aromatic nitrogens is 2. The first-order valence-corrected chi connectivity index (χ1v) is 15.6. The molecule has 0 bridgehead atoms. The molecule has 3 nitrogen and oxygen atoms in total. The topological polar surface area (TPSA) is 35.0 Å². The third-order valence-electron chi connectivity index (χ3n) is 8.03. The molecule has 0 unspecified atom stereocenters. The van der Waals surface area contributed by atoms with Crippen molar-refractivity contribution in [3.05, 3.63) is 120 Å². The van der Waals surface area contributed by atoms with Crippen LogP contribution in [0.25, 0.3) is 54.1 Å². The Morgan fingerprint density at radius 2 is 1.43 bits per heavy atom. The zero-order valence-electron chi connectivity index (χ0n) is 25.3. The Morgan fingerprint density at radius 1 is 0.750 bits per heavy atom. The molecule has 0 spiro atoms. The van der Waals surface area contributed by atoms with E-state index in [0.717, 1.165) is 33.3 Å². The van der Waals surface area contributed by atoms with Crippen LogP contribution >= 0.6 is 11.3 Å². The Morgan fingerprint density at radius 3 is 2.18 bits per heavy atom. The fourth-order valence-electron chi connectivity index (χ4n) is 5.74. The second-order valence-corrected chi connectivity index (χ2v) is 13.3. The van der Waals surface area contributed by atoms with Gasteiger partial charge in [-0.25, -0.2) is 0 Å². The summed E-state index contributed by atoms with van der Waals surface area (Å²) in [6.45, 7) is 11.1. The fraction of sp³-hybridized carbons (Fsp3) is 0.179. The van der Waals surface area contributed by atoms with Gasteiger partial charge in [-0.2, -0.15) is 0 Å². The predicted octanol–water partition coefficient (Wildman–Crippen LogP) is 11.1. The molecule has 7 rings (SSSR count).